The van der Waals surface area contributed by atoms with Crippen LogP contribution in [0.1, 0.15) is 11.1 Å². The fraction of sp³-hybridized carbons (Fsp3) is 0.231. The molecule has 2 nitrogen and oxygen atoms in total. The fourth-order valence-electron chi connectivity index (χ4n) is 1.63. The summed E-state index contributed by atoms with van der Waals surface area (Å²) >= 11 is 16.7. The number of rotatable bonds is 2. The van der Waals surface area contributed by atoms with Crippen molar-refractivity contribution in [3.8, 4) is 0 Å². The lowest BCUT2D eigenvalue weighted by Gasteiger charge is -2.11. The van der Waals surface area contributed by atoms with Gasteiger partial charge < -0.3 is 0 Å². The molecule has 94 valence electrons. The molecule has 0 unspecified atom stereocenters. The second kappa shape index (κ2) is 5.04. The zero-order valence-corrected chi connectivity index (χ0v) is 11.8. The normalized spacial score (nSPS) is 18.9. The van der Waals surface area contributed by atoms with Crippen LogP contribution >= 0.6 is 34.8 Å². The molecular weight excluding hydrogens is 293 g/mol. The number of aliphatic imine (C=N–C) groups is 1. The van der Waals surface area contributed by atoms with E-state index in [4.69, 9.17) is 34.8 Å². The summed E-state index contributed by atoms with van der Waals surface area (Å²) in [5, 5.41) is 0. The maximum absolute atomic E-state index is 11.7. The third kappa shape index (κ3) is 2.94. The van der Waals surface area contributed by atoms with Gasteiger partial charge in [-0.2, -0.15) is 0 Å². The Morgan fingerprint density at radius 2 is 1.83 bits per heavy atom. The number of carbonyl (C=O) groups excluding carboxylic acids is 1. The van der Waals surface area contributed by atoms with Crippen LogP contribution in [0, 0.1) is 6.92 Å². The highest BCUT2D eigenvalue weighted by Gasteiger charge is 2.36. The van der Waals surface area contributed by atoms with Crippen LogP contribution in [-0.2, 0) is 4.79 Å². The van der Waals surface area contributed by atoms with Crippen molar-refractivity contribution in [3.05, 3.63) is 47.5 Å². The molecule has 18 heavy (non-hydrogen) atoms. The molecule has 1 aromatic carbocycles. The van der Waals surface area contributed by atoms with Gasteiger partial charge in [-0.15, -0.1) is 0 Å². The molecule has 0 radical (unpaired) electrons. The van der Waals surface area contributed by atoms with Crippen molar-refractivity contribution in [2.24, 2.45) is 4.99 Å². The summed E-state index contributed by atoms with van der Waals surface area (Å²) in [5.41, 5.74) is 2.83. The predicted molar refractivity (Wildman–Crippen MR) is 75.9 cm³/mol. The highest BCUT2D eigenvalue weighted by atomic mass is 35.6. The summed E-state index contributed by atoms with van der Waals surface area (Å²) in [4.78, 5) is 16.0. The van der Waals surface area contributed by atoms with E-state index in [9.17, 15) is 4.79 Å². The van der Waals surface area contributed by atoms with Gasteiger partial charge in [-0.25, -0.2) is 0 Å². The molecule has 0 fully saturated rings. The first-order valence-corrected chi connectivity index (χ1v) is 6.45. The maximum Gasteiger partial charge on any atom is 0.251 e. The molecule has 5 heteroatoms. The molecule has 1 aliphatic heterocycles. The van der Waals surface area contributed by atoms with Crippen molar-refractivity contribution in [2.75, 3.05) is 0 Å². The Hall–Kier alpha value is -0.830. The summed E-state index contributed by atoms with van der Waals surface area (Å²) in [6, 6.07) is 7.14. The average Bonchev–Trinajstić information content (AvgIpc) is 2.77. The topological polar surface area (TPSA) is 29.4 Å². The number of halogens is 3. The van der Waals surface area contributed by atoms with E-state index >= 15 is 0 Å². The Bertz CT molecular complexity index is 526. The van der Waals surface area contributed by atoms with Gasteiger partial charge in [-0.05, 0) is 18.6 Å². The average molecular weight is 303 g/mol. The molecule has 1 aliphatic rings. The van der Waals surface area contributed by atoms with E-state index in [1.54, 1.807) is 12.2 Å². The van der Waals surface area contributed by atoms with Gasteiger partial charge in [0.1, 0.15) is 6.04 Å². The van der Waals surface area contributed by atoms with E-state index < -0.39 is 15.6 Å². The molecule has 0 saturated heterocycles. The molecule has 0 N–H and O–H groups in total. The first-order valence-electron chi connectivity index (χ1n) is 5.32. The number of benzene rings is 1. The van der Waals surface area contributed by atoms with Crippen molar-refractivity contribution >= 4 is 46.3 Å². The van der Waals surface area contributed by atoms with Crippen LogP contribution in [-0.4, -0.2) is 21.3 Å². The molecule has 0 bridgehead atoms. The van der Waals surface area contributed by atoms with Crippen LogP contribution < -0.4 is 0 Å². The van der Waals surface area contributed by atoms with E-state index in [1.165, 1.54) is 0 Å². The minimum absolute atomic E-state index is 0.536. The van der Waals surface area contributed by atoms with Crippen molar-refractivity contribution in [1.29, 1.82) is 0 Å². The first-order chi connectivity index (χ1) is 8.38. The lowest BCUT2D eigenvalue weighted by atomic mass is 10.1. The maximum atomic E-state index is 11.7. The number of carbonyl (C=O) groups is 1. The molecule has 0 spiro atoms. The van der Waals surface area contributed by atoms with Gasteiger partial charge in [0.25, 0.3) is 3.79 Å². The third-order valence-corrected chi connectivity index (χ3v) is 3.17. The smallest absolute Gasteiger partial charge is 0.251 e. The molecule has 0 saturated carbocycles. The van der Waals surface area contributed by atoms with E-state index in [0.29, 0.717) is 0 Å². The number of allylic oxidation sites excluding steroid dienone is 1. The van der Waals surface area contributed by atoms with Gasteiger partial charge in [0.05, 0.1) is 5.71 Å². The molecule has 0 aromatic heterocycles. The lowest BCUT2D eigenvalue weighted by molar-refractivity contribution is -0.118. The lowest BCUT2D eigenvalue weighted by Crippen LogP contribution is -2.28. The van der Waals surface area contributed by atoms with Crippen LogP contribution in [0.3, 0.4) is 0 Å². The largest absolute Gasteiger partial charge is 0.292 e. The second-order valence-corrected chi connectivity index (χ2v) is 6.33. The Morgan fingerprint density at radius 1 is 1.22 bits per heavy atom. The van der Waals surface area contributed by atoms with Crippen LogP contribution in [0.25, 0.3) is 0 Å². The number of ketones is 1. The molecule has 1 aromatic rings. The Labute approximate surface area is 120 Å². The molecule has 2 rings (SSSR count). The van der Waals surface area contributed by atoms with E-state index in [-0.39, 0.29) is 0 Å². The number of alkyl halides is 3. The zero-order chi connectivity index (χ0) is 13.3. The van der Waals surface area contributed by atoms with Gasteiger partial charge >= 0.3 is 0 Å². The number of nitrogens with zero attached hydrogens (tertiary/aromatic N) is 1. The predicted octanol–water partition coefficient (Wildman–Crippen LogP) is 3.66. The van der Waals surface area contributed by atoms with Crippen molar-refractivity contribution < 1.29 is 4.79 Å². The van der Waals surface area contributed by atoms with Crippen LogP contribution in [0.5, 0.6) is 0 Å². The van der Waals surface area contributed by atoms with Gasteiger partial charge in [-0.1, -0.05) is 70.7 Å². The van der Waals surface area contributed by atoms with E-state index in [1.807, 2.05) is 31.2 Å². The molecular formula is C13H10Cl3NO. The highest BCUT2D eigenvalue weighted by molar-refractivity contribution is 6.76. The first kappa shape index (κ1) is 13.6. The monoisotopic (exact) mass is 301 g/mol. The Balaban J connectivity index is 2.22. The van der Waals surface area contributed by atoms with Gasteiger partial charge in [0, 0.05) is 0 Å². The van der Waals surface area contributed by atoms with Crippen LogP contribution in [0.15, 0.2) is 41.4 Å². The van der Waals surface area contributed by atoms with E-state index in [0.717, 1.165) is 16.8 Å². The van der Waals surface area contributed by atoms with Gasteiger partial charge in [-0.3, -0.25) is 9.79 Å². The second-order valence-electron chi connectivity index (χ2n) is 4.05. The standard InChI is InChI=1S/C13H10Cl3NO/c1-8-2-4-9(5-3-8)10-6-7-11(17-10)12(18)13(14,15)16/h2-7,11H,1H3/t11-/m0/s1. The van der Waals surface area contributed by atoms with Crippen LogP contribution in [0.4, 0.5) is 0 Å². The summed E-state index contributed by atoms with van der Waals surface area (Å²) in [7, 11) is 0. The Morgan fingerprint density at radius 3 is 2.39 bits per heavy atom. The summed E-state index contributed by atoms with van der Waals surface area (Å²) in [6.45, 7) is 2.01. The molecule has 0 aliphatic carbocycles. The van der Waals surface area contributed by atoms with Crippen molar-refractivity contribution in [1.82, 2.24) is 0 Å². The van der Waals surface area contributed by atoms with Gasteiger partial charge in [0.15, 0.2) is 0 Å². The minimum Gasteiger partial charge on any atom is -0.292 e. The van der Waals surface area contributed by atoms with Crippen molar-refractivity contribution in [3.63, 3.8) is 0 Å². The number of aryl methyl sites for hydroxylation is 1. The summed E-state index contributed by atoms with van der Waals surface area (Å²) in [5.74, 6) is -0.536. The number of Topliss-reactive ketones (excluding diaryl/α,β-unsaturated/α-hetero) is 1. The molecule has 1 heterocycles. The Kier molecular flexibility index (Phi) is 3.81. The minimum atomic E-state index is -1.93. The summed E-state index contributed by atoms with van der Waals surface area (Å²) < 4.78 is -1.93. The molecule has 0 amide bonds. The molecule has 1 atom stereocenters. The third-order valence-electron chi connectivity index (χ3n) is 2.61. The SMILES string of the molecule is Cc1ccc(C2=N[C@H](C(=O)C(Cl)(Cl)Cl)C=C2)cc1. The zero-order valence-electron chi connectivity index (χ0n) is 9.53. The number of hydrogen-bond donors (Lipinski definition) is 0. The number of hydrogen-bond acceptors (Lipinski definition) is 2. The van der Waals surface area contributed by atoms with Crippen molar-refractivity contribution in [2.45, 2.75) is 16.8 Å². The van der Waals surface area contributed by atoms with E-state index in [2.05, 4.69) is 4.99 Å². The highest BCUT2D eigenvalue weighted by Crippen LogP contribution is 2.30. The summed E-state index contributed by atoms with van der Waals surface area (Å²) in [6.07, 6.45) is 3.41. The van der Waals surface area contributed by atoms with Gasteiger partial charge in [0.2, 0.25) is 5.78 Å². The van der Waals surface area contributed by atoms with Crippen LogP contribution in [0.2, 0.25) is 0 Å². The quantitative estimate of drug-likeness (QED) is 0.767. The fourth-order valence-corrected chi connectivity index (χ4v) is 1.96.